The molecule has 0 aromatic carbocycles. The first kappa shape index (κ1) is 18.8. The van der Waals surface area contributed by atoms with Crippen molar-refractivity contribution in [2.75, 3.05) is 44.7 Å². The molecule has 1 aliphatic heterocycles. The zero-order chi connectivity index (χ0) is 17.4. The van der Waals surface area contributed by atoms with Crippen LogP contribution in [0.5, 0.6) is 0 Å². The molecule has 2 heterocycles. The Kier molecular flexibility index (Phi) is 7.61. The molecule has 134 valence electrons. The van der Waals surface area contributed by atoms with E-state index >= 15 is 0 Å². The molecule has 1 aliphatic rings. The minimum Gasteiger partial charge on any atom is -0.462 e. The molecule has 2 rings (SSSR count). The molecule has 0 bridgehead atoms. The van der Waals surface area contributed by atoms with Crippen LogP contribution in [0, 0.1) is 6.92 Å². The Morgan fingerprint density at radius 1 is 1.42 bits per heavy atom. The van der Waals surface area contributed by atoms with Crippen LogP contribution in [0.2, 0.25) is 0 Å². The summed E-state index contributed by atoms with van der Waals surface area (Å²) < 4.78 is 10.3. The molecule has 0 unspecified atom stereocenters. The number of aromatic amines is 1. The van der Waals surface area contributed by atoms with Crippen LogP contribution >= 0.6 is 11.8 Å². The number of esters is 1. The molecule has 1 aromatic rings. The molecule has 24 heavy (non-hydrogen) atoms. The van der Waals surface area contributed by atoms with Crippen LogP contribution in [0.3, 0.4) is 0 Å². The molecular weight excluding hydrogens is 330 g/mol. The van der Waals surface area contributed by atoms with E-state index in [9.17, 15) is 9.59 Å². The topological polar surface area (TPSA) is 83.7 Å². The molecule has 0 saturated carbocycles. The van der Waals surface area contributed by atoms with Crippen molar-refractivity contribution in [3.63, 3.8) is 0 Å². The quantitative estimate of drug-likeness (QED) is 0.413. The molecule has 0 atom stereocenters. The van der Waals surface area contributed by atoms with Crippen molar-refractivity contribution in [1.82, 2.24) is 15.2 Å². The van der Waals surface area contributed by atoms with Crippen LogP contribution in [-0.2, 0) is 20.7 Å². The van der Waals surface area contributed by atoms with Crippen molar-refractivity contribution in [3.8, 4) is 0 Å². The largest absolute Gasteiger partial charge is 0.462 e. The third-order valence-electron chi connectivity index (χ3n) is 3.72. The predicted octanol–water partition coefficient (Wildman–Crippen LogP) is 1.14. The lowest BCUT2D eigenvalue weighted by Gasteiger charge is -2.25. The van der Waals surface area contributed by atoms with E-state index in [1.807, 2.05) is 6.92 Å². The lowest BCUT2D eigenvalue weighted by molar-refractivity contribution is -0.120. The standard InChI is InChI=1S/C16H25N3O4S/c1-3-23-16(21)15-12(2)9-17-13(15)8-14(20)18-10-24-11-19-4-6-22-7-5-19/h9,17H,3-8,10-11H2,1-2H3,(H,18,20). The Morgan fingerprint density at radius 2 is 2.17 bits per heavy atom. The lowest BCUT2D eigenvalue weighted by atomic mass is 10.1. The van der Waals surface area contributed by atoms with Gasteiger partial charge in [-0.2, -0.15) is 0 Å². The summed E-state index contributed by atoms with van der Waals surface area (Å²) in [6, 6.07) is 0. The molecule has 1 fully saturated rings. The van der Waals surface area contributed by atoms with Crippen LogP contribution in [0.1, 0.15) is 28.5 Å². The second kappa shape index (κ2) is 9.71. The maximum absolute atomic E-state index is 12.1. The van der Waals surface area contributed by atoms with Gasteiger partial charge in [0.05, 0.1) is 37.7 Å². The van der Waals surface area contributed by atoms with Crippen molar-refractivity contribution in [3.05, 3.63) is 23.0 Å². The van der Waals surface area contributed by atoms with Gasteiger partial charge in [-0.05, 0) is 19.4 Å². The summed E-state index contributed by atoms with van der Waals surface area (Å²) in [6.07, 6.45) is 1.86. The summed E-state index contributed by atoms with van der Waals surface area (Å²) in [5.74, 6) is 0.918. The number of nitrogens with zero attached hydrogens (tertiary/aromatic N) is 1. The van der Waals surface area contributed by atoms with Gasteiger partial charge in [0.15, 0.2) is 0 Å². The number of H-pyrrole nitrogens is 1. The average molecular weight is 355 g/mol. The summed E-state index contributed by atoms with van der Waals surface area (Å²) >= 11 is 1.66. The fourth-order valence-corrected chi connectivity index (χ4v) is 3.33. The van der Waals surface area contributed by atoms with Crippen LogP contribution < -0.4 is 5.32 Å². The zero-order valence-corrected chi connectivity index (χ0v) is 15.0. The normalized spacial score (nSPS) is 15.2. The minimum atomic E-state index is -0.388. The van der Waals surface area contributed by atoms with E-state index in [0.29, 0.717) is 23.7 Å². The summed E-state index contributed by atoms with van der Waals surface area (Å²) in [4.78, 5) is 29.3. The van der Waals surface area contributed by atoms with Crippen molar-refractivity contribution in [2.45, 2.75) is 20.3 Å². The highest BCUT2D eigenvalue weighted by atomic mass is 32.2. The summed E-state index contributed by atoms with van der Waals surface area (Å²) in [6.45, 7) is 7.32. The monoisotopic (exact) mass is 355 g/mol. The number of rotatable bonds is 8. The third kappa shape index (κ3) is 5.54. The van der Waals surface area contributed by atoms with Gasteiger partial charge in [0.2, 0.25) is 5.91 Å². The van der Waals surface area contributed by atoms with E-state index in [2.05, 4.69) is 15.2 Å². The number of carbonyl (C=O) groups is 2. The van der Waals surface area contributed by atoms with Gasteiger partial charge in [-0.25, -0.2) is 4.79 Å². The number of thioether (sulfide) groups is 1. The van der Waals surface area contributed by atoms with Gasteiger partial charge in [0.1, 0.15) is 0 Å². The number of nitrogens with one attached hydrogen (secondary N) is 2. The number of aryl methyl sites for hydroxylation is 1. The Hall–Kier alpha value is -1.51. The Balaban J connectivity index is 1.75. The Bertz CT molecular complexity index is 556. The highest BCUT2D eigenvalue weighted by molar-refractivity contribution is 7.99. The Morgan fingerprint density at radius 3 is 2.88 bits per heavy atom. The molecule has 1 amide bonds. The fourth-order valence-electron chi connectivity index (χ4n) is 2.46. The molecule has 0 radical (unpaired) electrons. The van der Waals surface area contributed by atoms with Gasteiger partial charge in [-0.1, -0.05) is 0 Å². The van der Waals surface area contributed by atoms with Crippen LogP contribution in [0.4, 0.5) is 0 Å². The first-order valence-electron chi connectivity index (χ1n) is 8.10. The first-order valence-corrected chi connectivity index (χ1v) is 9.25. The van der Waals surface area contributed by atoms with Gasteiger partial charge in [0, 0.05) is 30.9 Å². The lowest BCUT2D eigenvalue weighted by Crippen LogP contribution is -2.36. The SMILES string of the molecule is CCOC(=O)c1c(C)c[nH]c1CC(=O)NCSCN1CCOCC1. The number of hydrogen-bond acceptors (Lipinski definition) is 6. The van der Waals surface area contributed by atoms with Crippen molar-refractivity contribution in [1.29, 1.82) is 0 Å². The molecular formula is C16H25N3O4S. The maximum Gasteiger partial charge on any atom is 0.340 e. The number of carbonyl (C=O) groups excluding carboxylic acids is 2. The van der Waals surface area contributed by atoms with Crippen LogP contribution in [0.15, 0.2) is 6.20 Å². The molecule has 1 aromatic heterocycles. The molecule has 2 N–H and O–H groups in total. The van der Waals surface area contributed by atoms with Gasteiger partial charge >= 0.3 is 5.97 Å². The van der Waals surface area contributed by atoms with Crippen molar-refractivity contribution < 1.29 is 19.1 Å². The highest BCUT2D eigenvalue weighted by Gasteiger charge is 2.19. The van der Waals surface area contributed by atoms with E-state index < -0.39 is 0 Å². The molecule has 8 heteroatoms. The number of morpholine rings is 1. The van der Waals surface area contributed by atoms with E-state index in [1.54, 1.807) is 24.9 Å². The van der Waals surface area contributed by atoms with Gasteiger partial charge in [0.25, 0.3) is 0 Å². The van der Waals surface area contributed by atoms with Gasteiger partial charge < -0.3 is 19.8 Å². The smallest absolute Gasteiger partial charge is 0.340 e. The number of amides is 1. The second-order valence-electron chi connectivity index (χ2n) is 5.53. The summed E-state index contributed by atoms with van der Waals surface area (Å²) in [7, 11) is 0. The molecule has 0 spiro atoms. The molecule has 1 saturated heterocycles. The predicted molar refractivity (Wildman–Crippen MR) is 93.0 cm³/mol. The van der Waals surface area contributed by atoms with Crippen LogP contribution in [-0.4, -0.2) is 66.4 Å². The first-order chi connectivity index (χ1) is 11.6. The number of ether oxygens (including phenoxy) is 2. The molecule has 7 nitrogen and oxygen atoms in total. The van der Waals surface area contributed by atoms with E-state index in [1.165, 1.54) is 0 Å². The average Bonchev–Trinajstić information content (AvgIpc) is 2.93. The van der Waals surface area contributed by atoms with Crippen molar-refractivity contribution >= 4 is 23.6 Å². The van der Waals surface area contributed by atoms with Gasteiger partial charge in [-0.15, -0.1) is 11.8 Å². The number of aromatic nitrogens is 1. The van der Waals surface area contributed by atoms with Crippen LogP contribution in [0.25, 0.3) is 0 Å². The van der Waals surface area contributed by atoms with Gasteiger partial charge in [-0.3, -0.25) is 9.69 Å². The second-order valence-corrected chi connectivity index (χ2v) is 6.49. The number of hydrogen-bond donors (Lipinski definition) is 2. The van der Waals surface area contributed by atoms with E-state index in [-0.39, 0.29) is 18.3 Å². The maximum atomic E-state index is 12.1. The highest BCUT2D eigenvalue weighted by Crippen LogP contribution is 2.15. The van der Waals surface area contributed by atoms with Crippen molar-refractivity contribution in [2.24, 2.45) is 0 Å². The third-order valence-corrected chi connectivity index (χ3v) is 4.62. The summed E-state index contributed by atoms with van der Waals surface area (Å²) in [5, 5.41) is 2.87. The minimum absolute atomic E-state index is 0.114. The Labute approximate surface area is 146 Å². The zero-order valence-electron chi connectivity index (χ0n) is 14.2. The van der Waals surface area contributed by atoms with E-state index in [4.69, 9.17) is 9.47 Å². The molecule has 0 aliphatic carbocycles. The summed E-state index contributed by atoms with van der Waals surface area (Å²) in [5.41, 5.74) is 1.85. The van der Waals surface area contributed by atoms with E-state index in [0.717, 1.165) is 37.7 Å². The fraction of sp³-hybridized carbons (Fsp3) is 0.625.